The molecule has 6 nitrogen and oxygen atoms in total. The molecule has 2 heterocycles. The van der Waals surface area contributed by atoms with Gasteiger partial charge >= 0.3 is 6.18 Å². The molecule has 4 rings (SSSR count). The number of nitrogens with zero attached hydrogens (tertiary/aromatic N) is 3. The minimum absolute atomic E-state index is 0.0803. The normalized spacial score (nSPS) is 13.9. The van der Waals surface area contributed by atoms with E-state index in [4.69, 9.17) is 0 Å². The maximum Gasteiger partial charge on any atom is 0.433 e. The maximum atomic E-state index is 12.9. The summed E-state index contributed by atoms with van der Waals surface area (Å²) in [6.45, 7) is 0. The Labute approximate surface area is 163 Å². The summed E-state index contributed by atoms with van der Waals surface area (Å²) in [6, 6.07) is 12.0. The van der Waals surface area contributed by atoms with Crippen molar-refractivity contribution in [3.05, 3.63) is 71.8 Å². The summed E-state index contributed by atoms with van der Waals surface area (Å²) in [7, 11) is 0. The number of hydrogen-bond donors (Lipinski definition) is 1. The Morgan fingerprint density at radius 2 is 1.76 bits per heavy atom. The van der Waals surface area contributed by atoms with Crippen LogP contribution in [0, 0.1) is 5.92 Å². The Morgan fingerprint density at radius 3 is 2.41 bits per heavy atom. The molecule has 1 aromatic carbocycles. The van der Waals surface area contributed by atoms with Crippen LogP contribution in [0.3, 0.4) is 0 Å². The molecule has 148 valence electrons. The fourth-order valence-corrected chi connectivity index (χ4v) is 2.80. The number of pyridine rings is 1. The van der Waals surface area contributed by atoms with Gasteiger partial charge in [-0.15, -0.1) is 0 Å². The molecular formula is C20H15F3N4O2. The van der Waals surface area contributed by atoms with E-state index in [9.17, 15) is 22.8 Å². The Hall–Kier alpha value is -3.49. The van der Waals surface area contributed by atoms with E-state index in [1.807, 2.05) is 6.07 Å². The summed E-state index contributed by atoms with van der Waals surface area (Å²) in [5.41, 5.74) is -0.682. The van der Waals surface area contributed by atoms with E-state index in [2.05, 4.69) is 15.4 Å². The largest absolute Gasteiger partial charge is 0.433 e. The summed E-state index contributed by atoms with van der Waals surface area (Å²) >= 11 is 0. The minimum Gasteiger partial charge on any atom is -0.317 e. The average molecular weight is 400 g/mol. The number of rotatable bonds is 5. The number of carbonyl (C=O) groups is 2. The van der Waals surface area contributed by atoms with Gasteiger partial charge in [-0.25, -0.2) is 9.67 Å². The van der Waals surface area contributed by atoms with Crippen molar-refractivity contribution in [3.63, 3.8) is 0 Å². The first-order valence-electron chi connectivity index (χ1n) is 8.88. The van der Waals surface area contributed by atoms with Crippen molar-refractivity contribution in [3.8, 4) is 5.69 Å². The van der Waals surface area contributed by atoms with E-state index in [0.717, 1.165) is 25.0 Å². The second kappa shape index (κ2) is 7.16. The van der Waals surface area contributed by atoms with Crippen LogP contribution in [-0.2, 0) is 6.18 Å². The summed E-state index contributed by atoms with van der Waals surface area (Å²) in [4.78, 5) is 28.5. The second-order valence-electron chi connectivity index (χ2n) is 6.67. The van der Waals surface area contributed by atoms with Crippen molar-refractivity contribution in [1.29, 1.82) is 0 Å². The fourth-order valence-electron chi connectivity index (χ4n) is 2.80. The van der Waals surface area contributed by atoms with Gasteiger partial charge in [-0.2, -0.15) is 18.3 Å². The van der Waals surface area contributed by atoms with Crippen LogP contribution in [-0.4, -0.2) is 26.5 Å². The Kier molecular flexibility index (Phi) is 4.65. The van der Waals surface area contributed by atoms with Crippen LogP contribution in [0.25, 0.3) is 5.69 Å². The minimum atomic E-state index is -4.67. The van der Waals surface area contributed by atoms with Gasteiger partial charge in [0.25, 0.3) is 5.91 Å². The first kappa shape index (κ1) is 18.9. The SMILES string of the molecule is O=C(Nc1cn(-c2ccccc2)nc1C(=O)C1CC1)c1cccc(C(F)(F)F)n1. The maximum absolute atomic E-state index is 12.9. The number of amides is 1. The molecule has 29 heavy (non-hydrogen) atoms. The lowest BCUT2D eigenvalue weighted by Crippen LogP contribution is -2.18. The lowest BCUT2D eigenvalue weighted by atomic mass is 10.2. The van der Waals surface area contributed by atoms with Crippen molar-refractivity contribution in [2.24, 2.45) is 5.92 Å². The number of carbonyl (C=O) groups excluding carboxylic acids is 2. The molecule has 1 saturated carbocycles. The van der Waals surface area contributed by atoms with Crippen molar-refractivity contribution in [2.75, 3.05) is 5.32 Å². The zero-order valence-corrected chi connectivity index (χ0v) is 15.0. The van der Waals surface area contributed by atoms with Crippen LogP contribution in [0.4, 0.5) is 18.9 Å². The molecule has 1 N–H and O–H groups in total. The number of aromatic nitrogens is 3. The fraction of sp³-hybridized carbons (Fsp3) is 0.200. The van der Waals surface area contributed by atoms with Gasteiger partial charge < -0.3 is 5.32 Å². The summed E-state index contributed by atoms with van der Waals surface area (Å²) in [5.74, 6) is -1.20. The molecule has 1 amide bonds. The standard InChI is InChI=1S/C20H15F3N4O2/c21-20(22,23)16-8-4-7-14(24-16)19(29)25-15-11-27(13-5-2-1-3-6-13)26-17(15)18(28)12-9-10-12/h1-8,11-12H,9-10H2,(H,25,29). The number of benzene rings is 1. The Balaban J connectivity index is 1.66. The van der Waals surface area contributed by atoms with E-state index in [1.54, 1.807) is 24.3 Å². The number of hydrogen-bond acceptors (Lipinski definition) is 4. The Bertz CT molecular complexity index is 1070. The van der Waals surface area contributed by atoms with Crippen molar-refractivity contribution < 1.29 is 22.8 Å². The molecule has 1 aliphatic rings. The average Bonchev–Trinajstić information content (AvgIpc) is 3.48. The molecule has 3 aromatic rings. The number of nitrogens with one attached hydrogen (secondary N) is 1. The van der Waals surface area contributed by atoms with Gasteiger partial charge in [0.1, 0.15) is 11.4 Å². The molecule has 9 heteroatoms. The van der Waals surface area contributed by atoms with Crippen LogP contribution in [0.1, 0.15) is 39.5 Å². The summed E-state index contributed by atoms with van der Waals surface area (Å²) in [5, 5.41) is 6.78. The van der Waals surface area contributed by atoms with Crippen LogP contribution in [0.15, 0.2) is 54.7 Å². The van der Waals surface area contributed by atoms with Crippen molar-refractivity contribution in [2.45, 2.75) is 19.0 Å². The molecule has 0 bridgehead atoms. The van der Waals surface area contributed by atoms with E-state index in [0.29, 0.717) is 5.69 Å². The van der Waals surface area contributed by atoms with Gasteiger partial charge in [-0.3, -0.25) is 9.59 Å². The lowest BCUT2D eigenvalue weighted by Gasteiger charge is -2.08. The quantitative estimate of drug-likeness (QED) is 0.654. The van der Waals surface area contributed by atoms with E-state index in [-0.39, 0.29) is 23.1 Å². The zero-order valence-electron chi connectivity index (χ0n) is 15.0. The van der Waals surface area contributed by atoms with Crippen LogP contribution < -0.4 is 5.32 Å². The van der Waals surface area contributed by atoms with Crippen LogP contribution in [0.5, 0.6) is 0 Å². The van der Waals surface area contributed by atoms with Gasteiger partial charge in [0.15, 0.2) is 11.5 Å². The summed E-state index contributed by atoms with van der Waals surface area (Å²) in [6.07, 6.45) is -1.70. The molecule has 0 atom stereocenters. The summed E-state index contributed by atoms with van der Waals surface area (Å²) < 4.78 is 40.0. The highest BCUT2D eigenvalue weighted by molar-refractivity contribution is 6.09. The highest BCUT2D eigenvalue weighted by Crippen LogP contribution is 2.34. The first-order chi connectivity index (χ1) is 13.8. The van der Waals surface area contributed by atoms with Gasteiger partial charge in [0.2, 0.25) is 0 Å². The van der Waals surface area contributed by atoms with E-state index in [1.165, 1.54) is 16.9 Å². The van der Waals surface area contributed by atoms with Gasteiger partial charge in [0.05, 0.1) is 17.6 Å². The third kappa shape index (κ3) is 4.03. The number of Topliss-reactive ketones (excluding diaryl/α,β-unsaturated/α-hetero) is 1. The number of alkyl halides is 3. The zero-order chi connectivity index (χ0) is 20.6. The first-order valence-corrected chi connectivity index (χ1v) is 8.88. The highest BCUT2D eigenvalue weighted by atomic mass is 19.4. The van der Waals surface area contributed by atoms with Gasteiger partial charge in [0, 0.05) is 5.92 Å². The van der Waals surface area contributed by atoms with Crippen molar-refractivity contribution >= 4 is 17.4 Å². The molecule has 2 aromatic heterocycles. The lowest BCUT2D eigenvalue weighted by molar-refractivity contribution is -0.141. The number of ketones is 1. The topological polar surface area (TPSA) is 76.9 Å². The van der Waals surface area contributed by atoms with Crippen LogP contribution >= 0.6 is 0 Å². The number of anilines is 1. The number of para-hydroxylation sites is 1. The molecule has 0 spiro atoms. The molecule has 1 fully saturated rings. The molecule has 0 radical (unpaired) electrons. The van der Waals surface area contributed by atoms with E-state index >= 15 is 0 Å². The molecular weight excluding hydrogens is 385 g/mol. The van der Waals surface area contributed by atoms with Crippen molar-refractivity contribution in [1.82, 2.24) is 14.8 Å². The smallest absolute Gasteiger partial charge is 0.317 e. The molecule has 1 aliphatic carbocycles. The molecule has 0 unspecified atom stereocenters. The number of halogens is 3. The van der Waals surface area contributed by atoms with Crippen LogP contribution in [0.2, 0.25) is 0 Å². The second-order valence-corrected chi connectivity index (χ2v) is 6.67. The third-order valence-electron chi connectivity index (χ3n) is 4.44. The Morgan fingerprint density at radius 1 is 1.03 bits per heavy atom. The molecule has 0 saturated heterocycles. The predicted octanol–water partition coefficient (Wildman–Crippen LogP) is 4.13. The predicted molar refractivity (Wildman–Crippen MR) is 97.8 cm³/mol. The van der Waals surface area contributed by atoms with Gasteiger partial charge in [-0.1, -0.05) is 24.3 Å². The molecule has 0 aliphatic heterocycles. The third-order valence-corrected chi connectivity index (χ3v) is 4.44. The van der Waals surface area contributed by atoms with E-state index < -0.39 is 23.5 Å². The highest BCUT2D eigenvalue weighted by Gasteiger charge is 2.35. The monoisotopic (exact) mass is 400 g/mol. The van der Waals surface area contributed by atoms with Gasteiger partial charge in [-0.05, 0) is 37.1 Å².